The van der Waals surface area contributed by atoms with Crippen molar-refractivity contribution in [2.75, 3.05) is 20.6 Å². The quantitative estimate of drug-likeness (QED) is 0.675. The van der Waals surface area contributed by atoms with E-state index < -0.39 is 0 Å². The zero-order valence-corrected chi connectivity index (χ0v) is 7.69. The van der Waals surface area contributed by atoms with Crippen LogP contribution in [0.5, 0.6) is 0 Å². The number of carbonyl (C=O) groups is 1. The highest BCUT2D eigenvalue weighted by atomic mass is 16.2. The molecule has 0 aliphatic carbocycles. The molecule has 6 nitrogen and oxygen atoms in total. The molecule has 71 valence electrons. The molecular weight excluding hydrogens is 170 g/mol. The van der Waals surface area contributed by atoms with E-state index in [1.807, 2.05) is 0 Å². The maximum Gasteiger partial charge on any atom is 0.316 e. The van der Waals surface area contributed by atoms with Gasteiger partial charge in [0.05, 0.1) is 0 Å². The second-order valence-corrected chi connectivity index (χ2v) is 2.75. The van der Waals surface area contributed by atoms with E-state index in [1.54, 1.807) is 25.0 Å². The van der Waals surface area contributed by atoms with Gasteiger partial charge in [-0.3, -0.25) is 0 Å². The Morgan fingerprint density at radius 1 is 1.69 bits per heavy atom. The van der Waals surface area contributed by atoms with Crippen LogP contribution in [0.15, 0.2) is 6.33 Å². The molecule has 1 aromatic heterocycles. The topological polar surface area (TPSA) is 63.1 Å². The van der Waals surface area contributed by atoms with Gasteiger partial charge in [-0.15, -0.1) is 10.2 Å². The molecule has 0 unspecified atom stereocenters. The van der Waals surface area contributed by atoms with Crippen LogP contribution in [-0.4, -0.2) is 46.3 Å². The summed E-state index contributed by atoms with van der Waals surface area (Å²) in [6.45, 7) is 1.18. The normalized spacial score (nSPS) is 9.69. The molecule has 0 spiro atoms. The zero-order chi connectivity index (χ0) is 9.68. The summed E-state index contributed by atoms with van der Waals surface area (Å²) in [5, 5.41) is 9.82. The van der Waals surface area contributed by atoms with Crippen molar-refractivity contribution in [3.63, 3.8) is 0 Å². The van der Waals surface area contributed by atoms with Gasteiger partial charge in [0, 0.05) is 27.2 Å². The standard InChI is InChI=1S/C7H12N5O/c1-11(2)7(13)8-3-4-12-5-9-10-6-12/h5H,3-4H2,1-2H3,(H,8,13). The van der Waals surface area contributed by atoms with E-state index >= 15 is 0 Å². The van der Waals surface area contributed by atoms with Gasteiger partial charge in [0.2, 0.25) is 6.33 Å². The lowest BCUT2D eigenvalue weighted by Gasteiger charge is -2.11. The molecule has 1 heterocycles. The maximum absolute atomic E-state index is 11.0. The van der Waals surface area contributed by atoms with Gasteiger partial charge in [0.15, 0.2) is 0 Å². The summed E-state index contributed by atoms with van der Waals surface area (Å²) in [6, 6.07) is -0.104. The fraction of sp³-hybridized carbons (Fsp3) is 0.571. The minimum absolute atomic E-state index is 0.104. The van der Waals surface area contributed by atoms with E-state index in [9.17, 15) is 4.79 Å². The van der Waals surface area contributed by atoms with Gasteiger partial charge in [-0.25, -0.2) is 4.79 Å². The number of hydrogen-bond donors (Lipinski definition) is 1. The van der Waals surface area contributed by atoms with Crippen molar-refractivity contribution in [3.8, 4) is 0 Å². The molecule has 0 atom stereocenters. The molecule has 13 heavy (non-hydrogen) atoms. The lowest BCUT2D eigenvalue weighted by atomic mass is 10.6. The van der Waals surface area contributed by atoms with Crippen LogP contribution >= 0.6 is 0 Å². The highest BCUT2D eigenvalue weighted by molar-refractivity contribution is 5.73. The highest BCUT2D eigenvalue weighted by Gasteiger charge is 2.00. The fourth-order valence-electron chi connectivity index (χ4n) is 0.746. The van der Waals surface area contributed by atoms with Gasteiger partial charge in [0.1, 0.15) is 6.33 Å². The van der Waals surface area contributed by atoms with Crippen LogP contribution in [0.4, 0.5) is 4.79 Å². The van der Waals surface area contributed by atoms with Crippen molar-refractivity contribution in [3.05, 3.63) is 12.7 Å². The second-order valence-electron chi connectivity index (χ2n) is 2.75. The summed E-state index contributed by atoms with van der Waals surface area (Å²) in [4.78, 5) is 12.5. The van der Waals surface area contributed by atoms with Crippen molar-refractivity contribution >= 4 is 6.03 Å². The number of rotatable bonds is 3. The first-order chi connectivity index (χ1) is 6.20. The SMILES string of the molecule is CN(C)C(=O)NCCn1[c]nnc1. The number of urea groups is 1. The van der Waals surface area contributed by atoms with E-state index in [2.05, 4.69) is 21.8 Å². The Balaban J connectivity index is 2.18. The predicted octanol–water partition coefficient (Wildman–Crippen LogP) is -0.651. The van der Waals surface area contributed by atoms with Gasteiger partial charge in [-0.05, 0) is 0 Å². The number of aromatic nitrogens is 3. The minimum atomic E-state index is -0.104. The first-order valence-electron chi connectivity index (χ1n) is 3.91. The second kappa shape index (κ2) is 4.44. The van der Waals surface area contributed by atoms with E-state index in [0.29, 0.717) is 13.1 Å². The molecule has 2 amide bonds. The molecular formula is C7H12N5O. The van der Waals surface area contributed by atoms with E-state index in [4.69, 9.17) is 0 Å². The molecule has 6 heteroatoms. The van der Waals surface area contributed by atoms with Gasteiger partial charge in [0.25, 0.3) is 0 Å². The molecule has 0 aromatic carbocycles. The molecule has 0 bridgehead atoms. The number of amides is 2. The maximum atomic E-state index is 11.0. The summed E-state index contributed by atoms with van der Waals surface area (Å²) in [5.74, 6) is 0. The van der Waals surface area contributed by atoms with Crippen molar-refractivity contribution in [2.45, 2.75) is 6.54 Å². The number of hydrogen-bond acceptors (Lipinski definition) is 3. The zero-order valence-electron chi connectivity index (χ0n) is 7.69. The average molecular weight is 182 g/mol. The smallest absolute Gasteiger partial charge is 0.316 e. The summed E-state index contributed by atoms with van der Waals surface area (Å²) >= 11 is 0. The third kappa shape index (κ3) is 3.10. The van der Waals surface area contributed by atoms with E-state index in [0.717, 1.165) is 0 Å². The van der Waals surface area contributed by atoms with Crippen LogP contribution < -0.4 is 5.32 Å². The van der Waals surface area contributed by atoms with E-state index in [-0.39, 0.29) is 6.03 Å². The molecule has 1 aromatic rings. The molecule has 0 saturated carbocycles. The fourth-order valence-corrected chi connectivity index (χ4v) is 0.746. The largest absolute Gasteiger partial charge is 0.336 e. The molecule has 1 N–H and O–H groups in total. The van der Waals surface area contributed by atoms with Crippen LogP contribution in [-0.2, 0) is 6.54 Å². The van der Waals surface area contributed by atoms with Crippen molar-refractivity contribution in [1.29, 1.82) is 0 Å². The number of nitrogens with one attached hydrogen (secondary N) is 1. The van der Waals surface area contributed by atoms with Crippen LogP contribution in [0.1, 0.15) is 0 Å². The van der Waals surface area contributed by atoms with Gasteiger partial charge < -0.3 is 14.8 Å². The van der Waals surface area contributed by atoms with Gasteiger partial charge >= 0.3 is 6.03 Å². The Bertz CT molecular complexity index is 256. The van der Waals surface area contributed by atoms with Crippen molar-refractivity contribution in [2.24, 2.45) is 0 Å². The molecule has 0 fully saturated rings. The van der Waals surface area contributed by atoms with Crippen molar-refractivity contribution < 1.29 is 4.79 Å². The lowest BCUT2D eigenvalue weighted by molar-refractivity contribution is 0.217. The van der Waals surface area contributed by atoms with E-state index in [1.165, 1.54) is 4.90 Å². The third-order valence-corrected chi connectivity index (χ3v) is 1.46. The Kier molecular flexibility index (Phi) is 3.24. The predicted molar refractivity (Wildman–Crippen MR) is 45.9 cm³/mol. The van der Waals surface area contributed by atoms with Crippen LogP contribution in [0, 0.1) is 6.33 Å². The Labute approximate surface area is 76.6 Å². The van der Waals surface area contributed by atoms with Crippen LogP contribution in [0.2, 0.25) is 0 Å². The number of carbonyl (C=O) groups excluding carboxylic acids is 1. The van der Waals surface area contributed by atoms with Gasteiger partial charge in [-0.2, -0.15) is 0 Å². The first kappa shape index (κ1) is 9.50. The van der Waals surface area contributed by atoms with Crippen molar-refractivity contribution in [1.82, 2.24) is 25.0 Å². The van der Waals surface area contributed by atoms with Gasteiger partial charge in [-0.1, -0.05) is 0 Å². The Hall–Kier alpha value is -1.59. The lowest BCUT2D eigenvalue weighted by Crippen LogP contribution is -2.36. The molecule has 1 rings (SSSR count). The number of nitrogens with zero attached hydrogens (tertiary/aromatic N) is 4. The summed E-state index contributed by atoms with van der Waals surface area (Å²) < 4.78 is 1.68. The molecule has 0 aliphatic heterocycles. The Morgan fingerprint density at radius 2 is 2.46 bits per heavy atom. The third-order valence-electron chi connectivity index (χ3n) is 1.46. The summed E-state index contributed by atoms with van der Waals surface area (Å²) in [5.41, 5.74) is 0. The monoisotopic (exact) mass is 182 g/mol. The summed E-state index contributed by atoms with van der Waals surface area (Å²) in [6.07, 6.45) is 4.19. The van der Waals surface area contributed by atoms with Crippen LogP contribution in [0.25, 0.3) is 0 Å². The average Bonchev–Trinajstić information content (AvgIpc) is 2.56. The minimum Gasteiger partial charge on any atom is -0.336 e. The van der Waals surface area contributed by atoms with Crippen LogP contribution in [0.3, 0.4) is 0 Å². The first-order valence-corrected chi connectivity index (χ1v) is 3.91. The molecule has 1 radical (unpaired) electrons. The Morgan fingerprint density at radius 3 is 3.00 bits per heavy atom. The summed E-state index contributed by atoms with van der Waals surface area (Å²) in [7, 11) is 3.39. The highest BCUT2D eigenvalue weighted by Crippen LogP contribution is 1.81. The molecule has 0 aliphatic rings. The molecule has 0 saturated heterocycles.